The molecule has 4 nitrogen and oxygen atoms in total. The molecule has 1 atom stereocenters. The highest BCUT2D eigenvalue weighted by Gasteiger charge is 2.11. The van der Waals surface area contributed by atoms with Gasteiger partial charge in [-0.3, -0.25) is 4.79 Å². The van der Waals surface area contributed by atoms with Crippen LogP contribution in [0.3, 0.4) is 0 Å². The molecule has 1 aromatic carbocycles. The largest absolute Gasteiger partial charge is 0.483 e. The fourth-order valence-corrected chi connectivity index (χ4v) is 2.54. The summed E-state index contributed by atoms with van der Waals surface area (Å²) in [5.41, 5.74) is 0.673. The minimum atomic E-state index is -0.182. The van der Waals surface area contributed by atoms with Crippen molar-refractivity contribution in [3.8, 4) is 5.75 Å². The highest BCUT2D eigenvalue weighted by molar-refractivity contribution is 7.10. The first-order chi connectivity index (χ1) is 9.70. The smallest absolute Gasteiger partial charge is 0.258 e. The zero-order chi connectivity index (χ0) is 14.4. The summed E-state index contributed by atoms with van der Waals surface area (Å²) in [6, 6.07) is 11.0. The standard InChI is InChI=1S/C15H17NO3S/c1-11(14-7-4-8-20-14)16-15(18)10-19-13-6-3-2-5-12(13)9-17/h2-8,11,17H,9-10H2,1H3,(H,16,18). The van der Waals surface area contributed by atoms with Crippen LogP contribution in [0.25, 0.3) is 0 Å². The molecule has 2 rings (SSSR count). The number of para-hydroxylation sites is 1. The summed E-state index contributed by atoms with van der Waals surface area (Å²) in [5, 5.41) is 14.0. The van der Waals surface area contributed by atoms with Gasteiger partial charge in [-0.25, -0.2) is 0 Å². The third-order valence-corrected chi connectivity index (χ3v) is 3.90. The maximum Gasteiger partial charge on any atom is 0.258 e. The number of aliphatic hydroxyl groups is 1. The maximum absolute atomic E-state index is 11.8. The predicted octanol–water partition coefficient (Wildman–Crippen LogP) is 2.50. The highest BCUT2D eigenvalue weighted by atomic mass is 32.1. The molecule has 2 aromatic rings. The maximum atomic E-state index is 11.8. The lowest BCUT2D eigenvalue weighted by Crippen LogP contribution is -2.31. The Kier molecular flexibility index (Phi) is 5.15. The van der Waals surface area contributed by atoms with Gasteiger partial charge in [-0.05, 0) is 24.4 Å². The van der Waals surface area contributed by atoms with Crippen LogP contribution in [0.5, 0.6) is 5.75 Å². The summed E-state index contributed by atoms with van der Waals surface area (Å²) < 4.78 is 5.44. The number of amides is 1. The monoisotopic (exact) mass is 291 g/mol. The summed E-state index contributed by atoms with van der Waals surface area (Å²) in [7, 11) is 0. The Morgan fingerprint density at radius 1 is 1.35 bits per heavy atom. The van der Waals surface area contributed by atoms with Gasteiger partial charge in [0.2, 0.25) is 0 Å². The Hall–Kier alpha value is -1.85. The van der Waals surface area contributed by atoms with Crippen molar-refractivity contribution < 1.29 is 14.6 Å². The first kappa shape index (κ1) is 14.6. The van der Waals surface area contributed by atoms with Crippen LogP contribution in [0.4, 0.5) is 0 Å². The third kappa shape index (κ3) is 3.82. The van der Waals surface area contributed by atoms with E-state index in [0.29, 0.717) is 11.3 Å². The first-order valence-corrected chi connectivity index (χ1v) is 7.23. The zero-order valence-electron chi connectivity index (χ0n) is 11.2. The normalized spacial score (nSPS) is 11.9. The molecule has 0 radical (unpaired) electrons. The van der Waals surface area contributed by atoms with Crippen molar-refractivity contribution in [3.05, 3.63) is 52.2 Å². The van der Waals surface area contributed by atoms with Gasteiger partial charge in [0.05, 0.1) is 12.6 Å². The van der Waals surface area contributed by atoms with Crippen LogP contribution >= 0.6 is 11.3 Å². The second-order valence-electron chi connectivity index (χ2n) is 4.36. The first-order valence-electron chi connectivity index (χ1n) is 6.35. The lowest BCUT2D eigenvalue weighted by Gasteiger charge is -2.13. The average Bonchev–Trinajstić information content (AvgIpc) is 2.99. The van der Waals surface area contributed by atoms with Crippen molar-refractivity contribution in [2.45, 2.75) is 19.6 Å². The number of hydrogen-bond acceptors (Lipinski definition) is 4. The van der Waals surface area contributed by atoms with Gasteiger partial charge in [-0.1, -0.05) is 24.3 Å². The molecule has 0 bridgehead atoms. The second-order valence-corrected chi connectivity index (χ2v) is 5.34. The number of benzene rings is 1. The van der Waals surface area contributed by atoms with E-state index in [1.807, 2.05) is 30.5 Å². The Morgan fingerprint density at radius 3 is 2.85 bits per heavy atom. The van der Waals surface area contributed by atoms with E-state index >= 15 is 0 Å². The van der Waals surface area contributed by atoms with E-state index < -0.39 is 0 Å². The molecule has 0 fully saturated rings. The summed E-state index contributed by atoms with van der Waals surface area (Å²) in [4.78, 5) is 12.9. The number of aliphatic hydroxyl groups excluding tert-OH is 1. The Balaban J connectivity index is 1.86. The van der Waals surface area contributed by atoms with Crippen LogP contribution in [-0.4, -0.2) is 17.6 Å². The van der Waals surface area contributed by atoms with Crippen molar-refractivity contribution in [2.75, 3.05) is 6.61 Å². The molecule has 1 amide bonds. The highest BCUT2D eigenvalue weighted by Crippen LogP contribution is 2.19. The van der Waals surface area contributed by atoms with E-state index in [-0.39, 0.29) is 25.2 Å². The van der Waals surface area contributed by atoms with Gasteiger partial charge in [0.1, 0.15) is 5.75 Å². The van der Waals surface area contributed by atoms with Crippen molar-refractivity contribution in [2.24, 2.45) is 0 Å². The lowest BCUT2D eigenvalue weighted by atomic mass is 10.2. The average molecular weight is 291 g/mol. The van der Waals surface area contributed by atoms with E-state index in [1.54, 1.807) is 29.5 Å². The topological polar surface area (TPSA) is 58.6 Å². The van der Waals surface area contributed by atoms with Gasteiger partial charge in [-0.15, -0.1) is 11.3 Å². The molecule has 1 unspecified atom stereocenters. The molecule has 106 valence electrons. The molecule has 5 heteroatoms. The number of carbonyl (C=O) groups is 1. The fraction of sp³-hybridized carbons (Fsp3) is 0.267. The Bertz CT molecular complexity index is 554. The van der Waals surface area contributed by atoms with Gasteiger partial charge in [-0.2, -0.15) is 0 Å². The quantitative estimate of drug-likeness (QED) is 0.859. The number of nitrogens with one attached hydrogen (secondary N) is 1. The zero-order valence-corrected chi connectivity index (χ0v) is 12.0. The second kappa shape index (κ2) is 7.07. The van der Waals surface area contributed by atoms with E-state index in [1.165, 1.54) is 0 Å². The van der Waals surface area contributed by atoms with Gasteiger partial charge in [0.15, 0.2) is 6.61 Å². The minimum absolute atomic E-state index is 0.0285. The van der Waals surface area contributed by atoms with Crippen LogP contribution in [0, 0.1) is 0 Å². The van der Waals surface area contributed by atoms with E-state index in [9.17, 15) is 9.90 Å². The molecular formula is C15H17NO3S. The summed E-state index contributed by atoms with van der Waals surface area (Å²) in [5.74, 6) is 0.354. The van der Waals surface area contributed by atoms with Crippen molar-refractivity contribution >= 4 is 17.2 Å². The SMILES string of the molecule is CC(NC(=O)COc1ccccc1CO)c1cccs1. The van der Waals surface area contributed by atoms with Crippen LogP contribution < -0.4 is 10.1 Å². The van der Waals surface area contributed by atoms with Crippen molar-refractivity contribution in [1.29, 1.82) is 0 Å². The van der Waals surface area contributed by atoms with Crippen LogP contribution in [0.2, 0.25) is 0 Å². The number of hydrogen-bond donors (Lipinski definition) is 2. The molecule has 0 saturated carbocycles. The van der Waals surface area contributed by atoms with Gasteiger partial charge >= 0.3 is 0 Å². The summed E-state index contributed by atoms with van der Waals surface area (Å²) in [6.07, 6.45) is 0. The van der Waals surface area contributed by atoms with Gasteiger partial charge < -0.3 is 15.2 Å². The number of ether oxygens (including phenoxy) is 1. The van der Waals surface area contributed by atoms with Gasteiger partial charge in [0.25, 0.3) is 5.91 Å². The molecule has 0 spiro atoms. The predicted molar refractivity (Wildman–Crippen MR) is 78.7 cm³/mol. The number of rotatable bonds is 6. The number of thiophene rings is 1. The summed E-state index contributed by atoms with van der Waals surface area (Å²) >= 11 is 1.60. The summed E-state index contributed by atoms with van der Waals surface area (Å²) in [6.45, 7) is 1.77. The minimum Gasteiger partial charge on any atom is -0.483 e. The molecular weight excluding hydrogens is 274 g/mol. The molecule has 0 aliphatic rings. The Labute approximate surface area is 122 Å². The van der Waals surface area contributed by atoms with E-state index in [0.717, 1.165) is 4.88 Å². The van der Waals surface area contributed by atoms with E-state index in [4.69, 9.17) is 4.74 Å². The van der Waals surface area contributed by atoms with Gasteiger partial charge in [0, 0.05) is 10.4 Å². The van der Waals surface area contributed by atoms with Crippen molar-refractivity contribution in [3.63, 3.8) is 0 Å². The lowest BCUT2D eigenvalue weighted by molar-refractivity contribution is -0.123. The van der Waals surface area contributed by atoms with Crippen molar-refractivity contribution in [1.82, 2.24) is 5.32 Å². The van der Waals surface area contributed by atoms with E-state index in [2.05, 4.69) is 5.32 Å². The molecule has 1 heterocycles. The van der Waals surface area contributed by atoms with Crippen LogP contribution in [0.1, 0.15) is 23.4 Å². The fourth-order valence-electron chi connectivity index (χ4n) is 1.81. The van der Waals surface area contributed by atoms with Crippen LogP contribution in [0.15, 0.2) is 41.8 Å². The third-order valence-electron chi connectivity index (χ3n) is 2.85. The molecule has 1 aromatic heterocycles. The molecule has 2 N–H and O–H groups in total. The molecule has 0 aliphatic carbocycles. The number of carbonyl (C=O) groups excluding carboxylic acids is 1. The van der Waals surface area contributed by atoms with Crippen LogP contribution in [-0.2, 0) is 11.4 Å². The molecule has 0 aliphatic heterocycles. The Morgan fingerprint density at radius 2 is 2.15 bits per heavy atom. The molecule has 0 saturated heterocycles. The molecule has 20 heavy (non-hydrogen) atoms.